The van der Waals surface area contributed by atoms with Gasteiger partial charge in [-0.2, -0.15) is 0 Å². The summed E-state index contributed by atoms with van der Waals surface area (Å²) < 4.78 is 22.5. The second-order valence-corrected chi connectivity index (χ2v) is 7.04. The Hall–Kier alpha value is -0.980. The van der Waals surface area contributed by atoms with Crippen molar-refractivity contribution in [3.63, 3.8) is 0 Å². The molecule has 5 nitrogen and oxygen atoms in total. The monoisotopic (exact) mass is 299 g/mol. The third-order valence-electron chi connectivity index (χ3n) is 3.40. The quantitative estimate of drug-likeness (QED) is 0.804. The molecular formula is C14H25N3O2S. The Morgan fingerprint density at radius 2 is 1.95 bits per heavy atom. The zero-order valence-electron chi connectivity index (χ0n) is 12.6. The van der Waals surface area contributed by atoms with Gasteiger partial charge in [0.15, 0.2) is 0 Å². The minimum Gasteiger partial charge on any atom is -0.314 e. The Kier molecular flexibility index (Phi) is 6.10. The molecule has 0 radical (unpaired) electrons. The molecule has 1 heterocycles. The van der Waals surface area contributed by atoms with Crippen molar-refractivity contribution >= 4 is 10.0 Å². The summed E-state index contributed by atoms with van der Waals surface area (Å²) in [5.41, 5.74) is 0.892. The average Bonchev–Trinajstić information content (AvgIpc) is 2.35. The normalized spacial score (nSPS) is 15.3. The Morgan fingerprint density at radius 1 is 1.30 bits per heavy atom. The molecule has 0 aliphatic carbocycles. The molecule has 1 aromatic heterocycles. The van der Waals surface area contributed by atoms with Crippen LogP contribution >= 0.6 is 0 Å². The van der Waals surface area contributed by atoms with Gasteiger partial charge in [0.25, 0.3) is 0 Å². The predicted molar refractivity (Wildman–Crippen MR) is 80.9 cm³/mol. The van der Waals surface area contributed by atoms with Gasteiger partial charge in [0, 0.05) is 23.9 Å². The molecule has 114 valence electrons. The number of aromatic nitrogens is 1. The van der Waals surface area contributed by atoms with Crippen LogP contribution in [-0.4, -0.2) is 26.0 Å². The molecule has 0 spiro atoms. The maximum Gasteiger partial charge on any atom is 0.239 e. The summed E-state index contributed by atoms with van der Waals surface area (Å²) in [5, 5.41) is 8.56. The minimum absolute atomic E-state index is 0.0536. The molecule has 0 aromatic carbocycles. The topological polar surface area (TPSA) is 85.1 Å². The third-order valence-corrected chi connectivity index (χ3v) is 4.30. The number of pyridine rings is 1. The molecule has 0 saturated carbocycles. The van der Waals surface area contributed by atoms with E-state index in [1.807, 2.05) is 0 Å². The van der Waals surface area contributed by atoms with Gasteiger partial charge in [-0.15, -0.1) is 0 Å². The van der Waals surface area contributed by atoms with Gasteiger partial charge in [-0.1, -0.05) is 20.8 Å². The Bertz CT molecular complexity index is 512. The first-order valence-corrected chi connectivity index (χ1v) is 8.54. The average molecular weight is 299 g/mol. The van der Waals surface area contributed by atoms with E-state index in [-0.39, 0.29) is 16.9 Å². The van der Waals surface area contributed by atoms with E-state index in [1.165, 1.54) is 12.3 Å². The highest BCUT2D eigenvalue weighted by atomic mass is 32.2. The summed E-state index contributed by atoms with van der Waals surface area (Å²) in [6, 6.07) is 3.57. The summed E-state index contributed by atoms with van der Waals surface area (Å²) in [4.78, 5) is 4.35. The van der Waals surface area contributed by atoms with Crippen molar-refractivity contribution in [3.05, 3.63) is 24.0 Å². The fraction of sp³-hybridized carbons (Fsp3) is 0.643. The fourth-order valence-electron chi connectivity index (χ4n) is 2.43. The maximum atomic E-state index is 11.2. The summed E-state index contributed by atoms with van der Waals surface area (Å²) in [5.74, 6) is 0.637. The number of sulfonamides is 1. The van der Waals surface area contributed by atoms with Crippen LogP contribution in [0.1, 0.15) is 45.7 Å². The number of nitrogens with zero attached hydrogens (tertiary/aromatic N) is 1. The Morgan fingerprint density at radius 3 is 2.35 bits per heavy atom. The summed E-state index contributed by atoms with van der Waals surface area (Å²) in [7, 11) is -3.68. The lowest BCUT2D eigenvalue weighted by atomic mass is 9.86. The lowest BCUT2D eigenvalue weighted by Crippen LogP contribution is -2.35. The van der Waals surface area contributed by atoms with Gasteiger partial charge in [0.05, 0.1) is 0 Å². The van der Waals surface area contributed by atoms with E-state index in [2.05, 4.69) is 38.0 Å². The van der Waals surface area contributed by atoms with Gasteiger partial charge in [-0.05, 0) is 37.9 Å². The van der Waals surface area contributed by atoms with Crippen molar-refractivity contribution in [1.29, 1.82) is 0 Å². The van der Waals surface area contributed by atoms with E-state index >= 15 is 0 Å². The van der Waals surface area contributed by atoms with Crippen LogP contribution < -0.4 is 10.5 Å². The lowest BCUT2D eigenvalue weighted by molar-refractivity contribution is 0.371. The van der Waals surface area contributed by atoms with E-state index in [1.54, 1.807) is 6.07 Å². The number of nitrogens with one attached hydrogen (secondary N) is 1. The van der Waals surface area contributed by atoms with Crippen LogP contribution in [0.25, 0.3) is 0 Å². The predicted octanol–water partition coefficient (Wildman–Crippen LogP) is 1.86. The van der Waals surface area contributed by atoms with Crippen LogP contribution in [0.4, 0.5) is 0 Å². The molecule has 20 heavy (non-hydrogen) atoms. The molecule has 0 aliphatic heterocycles. The van der Waals surface area contributed by atoms with Crippen molar-refractivity contribution in [3.8, 4) is 0 Å². The first kappa shape index (κ1) is 17.1. The molecule has 3 N–H and O–H groups in total. The van der Waals surface area contributed by atoms with Gasteiger partial charge in [0.1, 0.15) is 4.90 Å². The van der Waals surface area contributed by atoms with Crippen LogP contribution in [0.2, 0.25) is 0 Å². The Labute approximate surface area is 122 Å². The Balaban J connectivity index is 2.98. The SMILES string of the molecule is CCCNC(C)C(c1ccc(S(N)(=O)=O)cn1)C(C)C. The molecule has 0 amide bonds. The molecule has 0 saturated heterocycles. The van der Waals surface area contributed by atoms with Crippen LogP contribution in [0.3, 0.4) is 0 Å². The van der Waals surface area contributed by atoms with Gasteiger partial charge in [-0.25, -0.2) is 13.6 Å². The van der Waals surface area contributed by atoms with E-state index in [4.69, 9.17) is 5.14 Å². The van der Waals surface area contributed by atoms with Crippen molar-refractivity contribution in [2.75, 3.05) is 6.54 Å². The summed E-state index contributed by atoms with van der Waals surface area (Å²) >= 11 is 0. The number of hydrogen-bond acceptors (Lipinski definition) is 4. The summed E-state index contributed by atoms with van der Waals surface area (Å²) in [6.45, 7) is 9.51. The number of hydrogen-bond donors (Lipinski definition) is 2. The molecule has 2 unspecified atom stereocenters. The van der Waals surface area contributed by atoms with Crippen molar-refractivity contribution < 1.29 is 8.42 Å². The van der Waals surface area contributed by atoms with E-state index in [9.17, 15) is 8.42 Å². The highest BCUT2D eigenvalue weighted by Gasteiger charge is 2.24. The number of nitrogens with two attached hydrogens (primary N) is 1. The molecule has 1 aromatic rings. The third kappa shape index (κ3) is 4.54. The number of primary sulfonamides is 1. The minimum atomic E-state index is -3.68. The van der Waals surface area contributed by atoms with E-state index < -0.39 is 10.0 Å². The van der Waals surface area contributed by atoms with Crippen molar-refractivity contribution in [2.24, 2.45) is 11.1 Å². The van der Waals surface area contributed by atoms with Gasteiger partial charge in [0.2, 0.25) is 10.0 Å². The first-order valence-electron chi connectivity index (χ1n) is 6.99. The zero-order chi connectivity index (χ0) is 15.3. The first-order chi connectivity index (χ1) is 9.27. The van der Waals surface area contributed by atoms with Crippen LogP contribution in [0, 0.1) is 5.92 Å². The molecule has 0 fully saturated rings. The van der Waals surface area contributed by atoms with Crippen LogP contribution in [-0.2, 0) is 10.0 Å². The fourth-order valence-corrected chi connectivity index (χ4v) is 2.89. The van der Waals surface area contributed by atoms with E-state index in [0.29, 0.717) is 5.92 Å². The lowest BCUT2D eigenvalue weighted by Gasteiger charge is -2.28. The van der Waals surface area contributed by atoms with E-state index in [0.717, 1.165) is 18.7 Å². The highest BCUT2D eigenvalue weighted by Crippen LogP contribution is 2.27. The van der Waals surface area contributed by atoms with Crippen molar-refractivity contribution in [2.45, 2.75) is 51.0 Å². The summed E-state index contributed by atoms with van der Waals surface area (Å²) in [6.07, 6.45) is 2.42. The van der Waals surface area contributed by atoms with Crippen molar-refractivity contribution in [1.82, 2.24) is 10.3 Å². The van der Waals surface area contributed by atoms with Crippen LogP contribution in [0.5, 0.6) is 0 Å². The largest absolute Gasteiger partial charge is 0.314 e. The maximum absolute atomic E-state index is 11.2. The standard InChI is InChI=1S/C14H25N3O2S/c1-5-8-16-11(4)14(10(2)3)13-7-6-12(9-17-13)20(15,18)19/h6-7,9-11,14,16H,5,8H2,1-4H3,(H2,15,18,19). The zero-order valence-corrected chi connectivity index (χ0v) is 13.4. The van der Waals surface area contributed by atoms with Gasteiger partial charge >= 0.3 is 0 Å². The molecule has 1 rings (SSSR count). The second-order valence-electron chi connectivity index (χ2n) is 5.48. The number of rotatable bonds is 7. The molecule has 6 heteroatoms. The molecule has 0 bridgehead atoms. The second kappa shape index (κ2) is 7.15. The van der Waals surface area contributed by atoms with Gasteiger partial charge in [-0.3, -0.25) is 4.98 Å². The smallest absolute Gasteiger partial charge is 0.239 e. The molecule has 2 atom stereocenters. The van der Waals surface area contributed by atoms with Gasteiger partial charge < -0.3 is 5.32 Å². The van der Waals surface area contributed by atoms with Crippen LogP contribution in [0.15, 0.2) is 23.2 Å². The molecule has 0 aliphatic rings. The molecular weight excluding hydrogens is 274 g/mol. The highest BCUT2D eigenvalue weighted by molar-refractivity contribution is 7.89.